The molecule has 0 saturated carbocycles. The molecular formula is C8H12F2N2. The lowest BCUT2D eigenvalue weighted by molar-refractivity contribution is 0.146. The molecule has 1 N–H and O–H groups in total. The van der Waals surface area contributed by atoms with Crippen molar-refractivity contribution in [1.82, 2.24) is 10.2 Å². The standard InChI is InChI=1S/C8H12F2N2/c1-2-3-4-6-5-7(8(9)10)12-11-6/h5,8H,2-4H2,1H3,(H,11,12). The Hall–Kier alpha value is -0.930. The number of rotatable bonds is 4. The van der Waals surface area contributed by atoms with E-state index in [2.05, 4.69) is 17.1 Å². The van der Waals surface area contributed by atoms with E-state index in [4.69, 9.17) is 0 Å². The largest absolute Gasteiger partial charge is 0.282 e. The van der Waals surface area contributed by atoms with Crippen LogP contribution < -0.4 is 0 Å². The fourth-order valence-electron chi connectivity index (χ4n) is 0.987. The van der Waals surface area contributed by atoms with Crippen molar-refractivity contribution in [3.8, 4) is 0 Å². The van der Waals surface area contributed by atoms with Crippen LogP contribution in [0.2, 0.25) is 0 Å². The first-order valence-electron chi connectivity index (χ1n) is 4.06. The van der Waals surface area contributed by atoms with Crippen LogP contribution >= 0.6 is 0 Å². The monoisotopic (exact) mass is 174 g/mol. The van der Waals surface area contributed by atoms with Crippen molar-refractivity contribution in [2.45, 2.75) is 32.6 Å². The van der Waals surface area contributed by atoms with E-state index in [1.807, 2.05) is 0 Å². The quantitative estimate of drug-likeness (QED) is 0.746. The van der Waals surface area contributed by atoms with Gasteiger partial charge in [0, 0.05) is 5.69 Å². The topological polar surface area (TPSA) is 28.7 Å². The Balaban J connectivity index is 2.52. The van der Waals surface area contributed by atoms with Crippen LogP contribution in [0.3, 0.4) is 0 Å². The van der Waals surface area contributed by atoms with Crippen LogP contribution in [0.15, 0.2) is 6.07 Å². The highest BCUT2D eigenvalue weighted by atomic mass is 19.3. The summed E-state index contributed by atoms with van der Waals surface area (Å²) in [7, 11) is 0. The van der Waals surface area contributed by atoms with Crippen LogP contribution in [-0.2, 0) is 6.42 Å². The second-order valence-electron chi connectivity index (χ2n) is 2.72. The number of aromatic amines is 1. The van der Waals surface area contributed by atoms with Crippen LogP contribution in [0.4, 0.5) is 8.78 Å². The molecule has 0 saturated heterocycles. The molecule has 1 rings (SSSR count). The zero-order valence-electron chi connectivity index (χ0n) is 6.98. The van der Waals surface area contributed by atoms with Crippen molar-refractivity contribution in [1.29, 1.82) is 0 Å². The molecule has 1 aromatic rings. The Morgan fingerprint density at radius 3 is 2.83 bits per heavy atom. The van der Waals surface area contributed by atoms with Crippen molar-refractivity contribution >= 4 is 0 Å². The van der Waals surface area contributed by atoms with E-state index in [0.29, 0.717) is 0 Å². The van der Waals surface area contributed by atoms with Gasteiger partial charge < -0.3 is 0 Å². The number of aromatic nitrogens is 2. The third kappa shape index (κ3) is 2.29. The van der Waals surface area contributed by atoms with Crippen LogP contribution in [0.1, 0.15) is 37.6 Å². The van der Waals surface area contributed by atoms with Gasteiger partial charge in [-0.1, -0.05) is 13.3 Å². The molecule has 0 aliphatic carbocycles. The molecule has 0 fully saturated rings. The predicted octanol–water partition coefficient (Wildman–Crippen LogP) is 2.69. The highest BCUT2D eigenvalue weighted by Gasteiger charge is 2.10. The average molecular weight is 174 g/mol. The van der Waals surface area contributed by atoms with E-state index in [0.717, 1.165) is 25.0 Å². The number of alkyl halides is 2. The molecule has 1 heterocycles. The minimum absolute atomic E-state index is 0.152. The SMILES string of the molecule is CCCCc1cc(C(F)F)n[nH]1. The van der Waals surface area contributed by atoms with Gasteiger partial charge >= 0.3 is 0 Å². The Labute approximate surface area is 70.0 Å². The molecule has 0 radical (unpaired) electrons. The van der Waals surface area contributed by atoms with Crippen LogP contribution in [0.25, 0.3) is 0 Å². The number of halogens is 2. The Morgan fingerprint density at radius 2 is 2.33 bits per heavy atom. The van der Waals surface area contributed by atoms with Gasteiger partial charge in [-0.15, -0.1) is 0 Å². The van der Waals surface area contributed by atoms with E-state index in [1.165, 1.54) is 6.07 Å². The van der Waals surface area contributed by atoms with Gasteiger partial charge in [0.1, 0.15) is 5.69 Å². The zero-order valence-corrected chi connectivity index (χ0v) is 6.98. The first kappa shape index (κ1) is 9.16. The molecule has 0 atom stereocenters. The summed E-state index contributed by atoms with van der Waals surface area (Å²) in [6.45, 7) is 2.06. The Kier molecular flexibility index (Phi) is 3.19. The molecule has 0 spiro atoms. The smallest absolute Gasteiger partial charge is 0.282 e. The van der Waals surface area contributed by atoms with Gasteiger partial charge in [0.05, 0.1) is 0 Å². The third-order valence-electron chi connectivity index (χ3n) is 1.67. The molecule has 2 nitrogen and oxygen atoms in total. The number of nitrogens with one attached hydrogen (secondary N) is 1. The summed E-state index contributed by atoms with van der Waals surface area (Å²) in [6, 6.07) is 1.43. The summed E-state index contributed by atoms with van der Waals surface area (Å²) < 4.78 is 24.0. The normalized spacial score (nSPS) is 11.0. The lowest BCUT2D eigenvalue weighted by Crippen LogP contribution is -1.83. The van der Waals surface area contributed by atoms with Crippen molar-refractivity contribution in [2.24, 2.45) is 0 Å². The van der Waals surface area contributed by atoms with E-state index in [9.17, 15) is 8.78 Å². The third-order valence-corrected chi connectivity index (χ3v) is 1.67. The van der Waals surface area contributed by atoms with E-state index in [-0.39, 0.29) is 5.69 Å². The summed E-state index contributed by atoms with van der Waals surface area (Å²) >= 11 is 0. The number of hydrogen-bond acceptors (Lipinski definition) is 1. The minimum atomic E-state index is -2.46. The molecule has 0 aromatic carbocycles. The van der Waals surface area contributed by atoms with Crippen LogP contribution in [0, 0.1) is 0 Å². The summed E-state index contributed by atoms with van der Waals surface area (Å²) in [5, 5.41) is 6.09. The second kappa shape index (κ2) is 4.18. The molecule has 4 heteroatoms. The molecule has 68 valence electrons. The van der Waals surface area contributed by atoms with Crippen molar-refractivity contribution < 1.29 is 8.78 Å². The van der Waals surface area contributed by atoms with Gasteiger partial charge in [-0.2, -0.15) is 5.10 Å². The van der Waals surface area contributed by atoms with Gasteiger partial charge in [-0.25, -0.2) is 8.78 Å². The number of unbranched alkanes of at least 4 members (excludes halogenated alkanes) is 1. The highest BCUT2D eigenvalue weighted by Crippen LogP contribution is 2.16. The summed E-state index contributed by atoms with van der Waals surface area (Å²) in [5.41, 5.74) is 0.647. The van der Waals surface area contributed by atoms with E-state index >= 15 is 0 Å². The molecule has 0 aliphatic rings. The van der Waals surface area contributed by atoms with Gasteiger partial charge in [0.15, 0.2) is 0 Å². The van der Waals surface area contributed by atoms with Crippen LogP contribution in [-0.4, -0.2) is 10.2 Å². The highest BCUT2D eigenvalue weighted by molar-refractivity contribution is 5.09. The summed E-state index contributed by atoms with van der Waals surface area (Å²) in [5.74, 6) is 0. The zero-order chi connectivity index (χ0) is 8.97. The molecule has 0 amide bonds. The lowest BCUT2D eigenvalue weighted by atomic mass is 10.2. The number of H-pyrrole nitrogens is 1. The molecule has 0 bridgehead atoms. The molecule has 12 heavy (non-hydrogen) atoms. The molecule has 0 unspecified atom stereocenters. The molecule has 1 aromatic heterocycles. The number of aryl methyl sites for hydroxylation is 1. The first-order chi connectivity index (χ1) is 5.74. The first-order valence-corrected chi connectivity index (χ1v) is 4.06. The maximum absolute atomic E-state index is 12.0. The van der Waals surface area contributed by atoms with Crippen molar-refractivity contribution in [3.05, 3.63) is 17.5 Å². The number of hydrogen-bond donors (Lipinski definition) is 1. The Bertz CT molecular complexity index is 233. The van der Waals surface area contributed by atoms with Gasteiger partial charge in [0.25, 0.3) is 6.43 Å². The van der Waals surface area contributed by atoms with Gasteiger partial charge in [0.2, 0.25) is 0 Å². The van der Waals surface area contributed by atoms with Crippen LogP contribution in [0.5, 0.6) is 0 Å². The molecular weight excluding hydrogens is 162 g/mol. The van der Waals surface area contributed by atoms with Crippen molar-refractivity contribution in [2.75, 3.05) is 0 Å². The fraction of sp³-hybridized carbons (Fsp3) is 0.625. The minimum Gasteiger partial charge on any atom is -0.282 e. The van der Waals surface area contributed by atoms with Gasteiger partial charge in [-0.05, 0) is 18.9 Å². The fourth-order valence-corrected chi connectivity index (χ4v) is 0.987. The summed E-state index contributed by atoms with van der Waals surface area (Å²) in [4.78, 5) is 0. The second-order valence-corrected chi connectivity index (χ2v) is 2.72. The maximum atomic E-state index is 12.0. The van der Waals surface area contributed by atoms with E-state index < -0.39 is 6.43 Å². The average Bonchev–Trinajstić information content (AvgIpc) is 2.48. The lowest BCUT2D eigenvalue weighted by Gasteiger charge is -1.91. The predicted molar refractivity (Wildman–Crippen MR) is 42.2 cm³/mol. The van der Waals surface area contributed by atoms with Gasteiger partial charge in [-0.3, -0.25) is 5.10 Å². The molecule has 0 aliphatic heterocycles. The Morgan fingerprint density at radius 1 is 1.58 bits per heavy atom. The van der Waals surface area contributed by atoms with Crippen molar-refractivity contribution in [3.63, 3.8) is 0 Å². The summed E-state index contributed by atoms with van der Waals surface area (Å²) in [6.07, 6.45) is 0.404. The maximum Gasteiger partial charge on any atom is 0.282 e. The van der Waals surface area contributed by atoms with E-state index in [1.54, 1.807) is 0 Å². The number of nitrogens with zero attached hydrogens (tertiary/aromatic N) is 1.